The molecule has 0 saturated heterocycles. The molecule has 16 heavy (non-hydrogen) atoms. The monoisotopic (exact) mass is 248 g/mol. The third kappa shape index (κ3) is 4.80. The number of nitrogens with one attached hydrogen (secondary N) is 2. The van der Waals surface area contributed by atoms with Gasteiger partial charge in [-0.15, -0.1) is 0 Å². The van der Waals surface area contributed by atoms with Gasteiger partial charge in [0.2, 0.25) is 10.0 Å². The van der Waals surface area contributed by atoms with Crippen molar-refractivity contribution in [3.63, 3.8) is 0 Å². The summed E-state index contributed by atoms with van der Waals surface area (Å²) in [5, 5.41) is 3.03. The van der Waals surface area contributed by atoms with E-state index in [9.17, 15) is 8.42 Å². The fraction of sp³-hybridized carbons (Fsp3) is 1.00. The Hall–Kier alpha value is -0.130. The molecule has 0 aromatic carbocycles. The van der Waals surface area contributed by atoms with Gasteiger partial charge in [-0.25, -0.2) is 13.1 Å². The van der Waals surface area contributed by atoms with Crippen LogP contribution in [-0.2, 0) is 10.0 Å². The Morgan fingerprint density at radius 2 is 2.06 bits per heavy atom. The van der Waals surface area contributed by atoms with Crippen LogP contribution in [0.1, 0.15) is 40.0 Å². The molecule has 1 fully saturated rings. The SMILES string of the molecule is CCNCCS(=O)(=O)NC1CCC(C)(C)C1. The molecule has 1 rings (SSSR count). The zero-order chi connectivity index (χ0) is 12.2. The minimum Gasteiger partial charge on any atom is -0.316 e. The highest BCUT2D eigenvalue weighted by Crippen LogP contribution is 2.37. The number of rotatable bonds is 6. The molecule has 0 amide bonds. The molecule has 2 N–H and O–H groups in total. The molecule has 0 heterocycles. The molecule has 1 saturated carbocycles. The van der Waals surface area contributed by atoms with E-state index in [1.807, 2.05) is 6.92 Å². The van der Waals surface area contributed by atoms with Gasteiger partial charge in [-0.1, -0.05) is 20.8 Å². The van der Waals surface area contributed by atoms with Crippen LogP contribution in [0.4, 0.5) is 0 Å². The van der Waals surface area contributed by atoms with Crippen LogP contribution >= 0.6 is 0 Å². The van der Waals surface area contributed by atoms with Crippen molar-refractivity contribution >= 4 is 10.0 Å². The fourth-order valence-electron chi connectivity index (χ4n) is 2.23. The predicted molar refractivity (Wildman–Crippen MR) is 66.9 cm³/mol. The summed E-state index contributed by atoms with van der Waals surface area (Å²) < 4.78 is 26.2. The van der Waals surface area contributed by atoms with Crippen molar-refractivity contribution in [3.8, 4) is 0 Å². The first-order chi connectivity index (χ1) is 7.35. The van der Waals surface area contributed by atoms with Crippen LogP contribution in [0.15, 0.2) is 0 Å². The van der Waals surface area contributed by atoms with E-state index in [0.29, 0.717) is 6.54 Å². The van der Waals surface area contributed by atoms with Gasteiger partial charge >= 0.3 is 0 Å². The van der Waals surface area contributed by atoms with Crippen molar-refractivity contribution in [3.05, 3.63) is 0 Å². The molecule has 0 aromatic rings. The molecule has 1 aliphatic carbocycles. The lowest BCUT2D eigenvalue weighted by atomic mass is 9.92. The summed E-state index contributed by atoms with van der Waals surface area (Å²) in [6, 6.07) is 0.140. The van der Waals surface area contributed by atoms with Crippen LogP contribution < -0.4 is 10.0 Å². The topological polar surface area (TPSA) is 58.2 Å². The first kappa shape index (κ1) is 13.9. The van der Waals surface area contributed by atoms with Crippen LogP contribution in [-0.4, -0.2) is 33.3 Å². The highest BCUT2D eigenvalue weighted by Gasteiger charge is 2.32. The van der Waals surface area contributed by atoms with Gasteiger partial charge < -0.3 is 5.32 Å². The summed E-state index contributed by atoms with van der Waals surface area (Å²) in [4.78, 5) is 0. The Morgan fingerprint density at radius 3 is 2.56 bits per heavy atom. The zero-order valence-corrected chi connectivity index (χ0v) is 11.4. The lowest BCUT2D eigenvalue weighted by Gasteiger charge is -2.17. The Bertz CT molecular complexity index is 312. The third-order valence-electron chi connectivity index (χ3n) is 3.11. The molecule has 4 nitrogen and oxygen atoms in total. The average molecular weight is 248 g/mol. The Morgan fingerprint density at radius 1 is 1.38 bits per heavy atom. The summed E-state index contributed by atoms with van der Waals surface area (Å²) in [7, 11) is -3.10. The Kier molecular flexibility index (Phi) is 4.76. The van der Waals surface area contributed by atoms with Gasteiger partial charge in [-0.05, 0) is 31.2 Å². The number of hydrogen-bond donors (Lipinski definition) is 2. The molecule has 0 spiro atoms. The highest BCUT2D eigenvalue weighted by atomic mass is 32.2. The molecule has 1 atom stereocenters. The van der Waals surface area contributed by atoms with Crippen LogP contribution in [0.5, 0.6) is 0 Å². The molecule has 0 bridgehead atoms. The fourth-order valence-corrected chi connectivity index (χ4v) is 3.47. The van der Waals surface area contributed by atoms with Crippen molar-refractivity contribution < 1.29 is 8.42 Å². The summed E-state index contributed by atoms with van der Waals surface area (Å²) >= 11 is 0. The largest absolute Gasteiger partial charge is 0.316 e. The van der Waals surface area contributed by atoms with Crippen molar-refractivity contribution in [1.29, 1.82) is 0 Å². The van der Waals surface area contributed by atoms with Crippen molar-refractivity contribution in [2.24, 2.45) is 5.41 Å². The van der Waals surface area contributed by atoms with Gasteiger partial charge in [0.1, 0.15) is 0 Å². The standard InChI is InChI=1S/C11H24N2O2S/c1-4-12-7-8-16(14,15)13-10-5-6-11(2,3)9-10/h10,12-13H,4-9H2,1-3H3. The van der Waals surface area contributed by atoms with Crippen LogP contribution in [0.25, 0.3) is 0 Å². The van der Waals surface area contributed by atoms with E-state index in [1.54, 1.807) is 0 Å². The molecule has 1 aliphatic rings. The lowest BCUT2D eigenvalue weighted by molar-refractivity contribution is 0.372. The summed E-state index contributed by atoms with van der Waals surface area (Å²) in [5.41, 5.74) is 0.287. The Labute approximate surface area is 99.2 Å². The molecule has 0 aromatic heterocycles. The van der Waals surface area contributed by atoms with Crippen molar-refractivity contribution in [2.45, 2.75) is 46.1 Å². The Balaban J connectivity index is 2.36. The zero-order valence-electron chi connectivity index (χ0n) is 10.5. The molecule has 5 heteroatoms. The maximum Gasteiger partial charge on any atom is 0.213 e. The minimum atomic E-state index is -3.10. The number of hydrogen-bond acceptors (Lipinski definition) is 3. The van der Waals surface area contributed by atoms with Gasteiger partial charge in [0.25, 0.3) is 0 Å². The van der Waals surface area contributed by atoms with E-state index >= 15 is 0 Å². The van der Waals surface area contributed by atoms with Gasteiger partial charge in [0, 0.05) is 12.6 Å². The summed E-state index contributed by atoms with van der Waals surface area (Å²) in [6.07, 6.45) is 3.02. The van der Waals surface area contributed by atoms with E-state index < -0.39 is 10.0 Å². The molecule has 0 radical (unpaired) electrons. The molecule has 96 valence electrons. The first-order valence-electron chi connectivity index (χ1n) is 6.05. The van der Waals surface area contributed by atoms with Crippen molar-refractivity contribution in [1.82, 2.24) is 10.0 Å². The van der Waals surface area contributed by atoms with Crippen LogP contribution in [0, 0.1) is 5.41 Å². The maximum absolute atomic E-state index is 11.7. The molecular weight excluding hydrogens is 224 g/mol. The second-order valence-electron chi connectivity index (χ2n) is 5.39. The van der Waals surface area contributed by atoms with E-state index in [2.05, 4.69) is 23.9 Å². The normalized spacial score (nSPS) is 24.8. The number of sulfonamides is 1. The average Bonchev–Trinajstić information content (AvgIpc) is 2.44. The van der Waals surface area contributed by atoms with Gasteiger partial charge in [-0.3, -0.25) is 0 Å². The van der Waals surface area contributed by atoms with Crippen LogP contribution in [0.2, 0.25) is 0 Å². The van der Waals surface area contributed by atoms with Gasteiger partial charge in [0.15, 0.2) is 0 Å². The van der Waals surface area contributed by atoms with E-state index in [4.69, 9.17) is 0 Å². The van der Waals surface area contributed by atoms with Gasteiger partial charge in [0.05, 0.1) is 5.75 Å². The molecule has 1 unspecified atom stereocenters. The quantitative estimate of drug-likeness (QED) is 0.692. The lowest BCUT2D eigenvalue weighted by Crippen LogP contribution is -2.37. The van der Waals surface area contributed by atoms with E-state index in [-0.39, 0.29) is 17.2 Å². The van der Waals surface area contributed by atoms with E-state index in [0.717, 1.165) is 25.8 Å². The smallest absolute Gasteiger partial charge is 0.213 e. The van der Waals surface area contributed by atoms with E-state index in [1.165, 1.54) is 0 Å². The minimum absolute atomic E-state index is 0.140. The maximum atomic E-state index is 11.7. The first-order valence-corrected chi connectivity index (χ1v) is 7.70. The van der Waals surface area contributed by atoms with Gasteiger partial charge in [-0.2, -0.15) is 0 Å². The summed E-state index contributed by atoms with van der Waals surface area (Å²) in [6.45, 7) is 7.70. The summed E-state index contributed by atoms with van der Waals surface area (Å²) in [5.74, 6) is 0.178. The molecular formula is C11H24N2O2S. The van der Waals surface area contributed by atoms with Crippen LogP contribution in [0.3, 0.4) is 0 Å². The second-order valence-corrected chi connectivity index (χ2v) is 7.27. The molecule has 0 aliphatic heterocycles. The second kappa shape index (κ2) is 5.47. The highest BCUT2D eigenvalue weighted by molar-refractivity contribution is 7.89. The third-order valence-corrected chi connectivity index (χ3v) is 4.55. The van der Waals surface area contributed by atoms with Crippen molar-refractivity contribution in [2.75, 3.05) is 18.8 Å². The predicted octanol–water partition coefficient (Wildman–Crippen LogP) is 1.09.